The van der Waals surface area contributed by atoms with Gasteiger partial charge in [-0.2, -0.15) is 4.57 Å². The highest BCUT2D eigenvalue weighted by Crippen LogP contribution is 2.23. The van der Waals surface area contributed by atoms with Crippen LogP contribution >= 0.6 is 21.6 Å². The van der Waals surface area contributed by atoms with E-state index in [0.29, 0.717) is 13.1 Å². The third-order valence-electron chi connectivity index (χ3n) is 9.57. The SMILES string of the molecule is C=CC(C=Cc1ccc(N2CCC(O)CC2)cc1)=CC=NCC(=O)NCCSSCCNC(=O)C[n+]1ccc(C=Cc2ccc(N3CCC(O)CC3)cc2)cc1. The number of piperidine rings is 2. The van der Waals surface area contributed by atoms with Crippen LogP contribution in [0.15, 0.2) is 108 Å². The summed E-state index contributed by atoms with van der Waals surface area (Å²) in [5.74, 6) is 1.36. The van der Waals surface area contributed by atoms with Gasteiger partial charge >= 0.3 is 0 Å². The fraction of sp³-hybridized carbons (Fsp3) is 0.364. The van der Waals surface area contributed by atoms with Crippen molar-refractivity contribution in [1.29, 1.82) is 0 Å². The molecule has 0 bridgehead atoms. The molecule has 1 aromatic heterocycles. The van der Waals surface area contributed by atoms with Crippen LogP contribution in [0.3, 0.4) is 0 Å². The molecule has 2 saturated heterocycles. The van der Waals surface area contributed by atoms with Crippen molar-refractivity contribution in [2.24, 2.45) is 4.99 Å². The van der Waals surface area contributed by atoms with Gasteiger partial charge in [0.15, 0.2) is 12.4 Å². The van der Waals surface area contributed by atoms with Crippen LogP contribution in [-0.2, 0) is 16.1 Å². The highest BCUT2D eigenvalue weighted by Gasteiger charge is 2.18. The lowest BCUT2D eigenvalue weighted by Gasteiger charge is -2.31. The van der Waals surface area contributed by atoms with Crippen molar-refractivity contribution >= 4 is 69.2 Å². The minimum absolute atomic E-state index is 0.0349. The van der Waals surface area contributed by atoms with Crippen molar-refractivity contribution in [3.8, 4) is 0 Å². The first-order chi connectivity index (χ1) is 27.3. The number of benzene rings is 2. The van der Waals surface area contributed by atoms with Crippen LogP contribution in [0.4, 0.5) is 11.4 Å². The molecule has 296 valence electrons. The first kappa shape index (κ1) is 42.5. The molecule has 0 aliphatic carbocycles. The van der Waals surface area contributed by atoms with Gasteiger partial charge in [-0.05, 0) is 78.3 Å². The van der Waals surface area contributed by atoms with Crippen LogP contribution in [-0.4, -0.2) is 97.8 Å². The molecule has 56 heavy (non-hydrogen) atoms. The van der Waals surface area contributed by atoms with E-state index >= 15 is 0 Å². The van der Waals surface area contributed by atoms with Gasteiger partial charge in [0.05, 0.1) is 12.2 Å². The van der Waals surface area contributed by atoms with E-state index in [0.717, 1.165) is 85.6 Å². The molecule has 2 amide bonds. The zero-order valence-electron chi connectivity index (χ0n) is 32.0. The molecule has 0 spiro atoms. The standard InChI is InChI=1S/C44H54N6O4S2/c1-2-35(3-4-36-7-11-39(12-8-36)49-27-18-41(51)19-28-49)15-22-45-33-43(53)46-23-31-55-56-32-24-47-44(54)34-48-25-16-38(17-26-48)6-5-37-9-13-40(14-10-37)50-29-20-42(52)21-30-50/h2-17,22,25-26,41-42,51-52H,1,18-21,23-24,27-34H2,(H-,46,47,53,54)/p+1. The van der Waals surface area contributed by atoms with Gasteiger partial charge in [0.25, 0.3) is 5.91 Å². The maximum Gasteiger partial charge on any atom is 0.286 e. The molecule has 0 radical (unpaired) electrons. The van der Waals surface area contributed by atoms with Gasteiger partial charge in [-0.1, -0.05) is 82.8 Å². The minimum atomic E-state index is -0.181. The second-order valence-electron chi connectivity index (χ2n) is 13.8. The number of hydrogen-bond donors (Lipinski definition) is 4. The zero-order chi connectivity index (χ0) is 39.4. The van der Waals surface area contributed by atoms with Gasteiger partial charge in [0.1, 0.15) is 6.54 Å². The van der Waals surface area contributed by atoms with Gasteiger partial charge in [-0.3, -0.25) is 14.6 Å². The Balaban J connectivity index is 0.879. The van der Waals surface area contributed by atoms with Gasteiger partial charge in [0, 0.05) is 80.5 Å². The number of aliphatic hydroxyl groups excluding tert-OH is 2. The summed E-state index contributed by atoms with van der Waals surface area (Å²) in [6.07, 6.45) is 20.1. The monoisotopic (exact) mass is 795 g/mol. The fourth-order valence-corrected chi connectivity index (χ4v) is 8.05. The lowest BCUT2D eigenvalue weighted by atomic mass is 10.1. The predicted molar refractivity (Wildman–Crippen MR) is 235 cm³/mol. The molecular formula is C44H55N6O4S2+. The molecule has 5 rings (SSSR count). The quantitative estimate of drug-likeness (QED) is 0.0409. The number of amides is 2. The Morgan fingerprint density at radius 3 is 1.73 bits per heavy atom. The van der Waals surface area contributed by atoms with E-state index in [1.54, 1.807) is 33.9 Å². The summed E-state index contributed by atoms with van der Waals surface area (Å²) in [6.45, 7) is 8.84. The molecular weight excluding hydrogens is 741 g/mol. The van der Waals surface area contributed by atoms with Crippen LogP contribution in [0.25, 0.3) is 18.2 Å². The van der Waals surface area contributed by atoms with E-state index < -0.39 is 0 Å². The average molecular weight is 796 g/mol. The van der Waals surface area contributed by atoms with Gasteiger partial charge < -0.3 is 30.6 Å². The smallest absolute Gasteiger partial charge is 0.286 e. The normalized spacial score (nSPS) is 15.9. The number of nitrogens with one attached hydrogen (secondary N) is 2. The summed E-state index contributed by atoms with van der Waals surface area (Å²) in [7, 11) is 3.32. The number of carbonyl (C=O) groups is 2. The molecule has 12 heteroatoms. The van der Waals surface area contributed by atoms with Gasteiger partial charge in [0.2, 0.25) is 12.5 Å². The van der Waals surface area contributed by atoms with E-state index in [1.165, 1.54) is 11.4 Å². The first-order valence-corrected chi connectivity index (χ1v) is 21.9. The van der Waals surface area contributed by atoms with E-state index in [9.17, 15) is 19.8 Å². The predicted octanol–water partition coefficient (Wildman–Crippen LogP) is 5.58. The summed E-state index contributed by atoms with van der Waals surface area (Å²) in [6, 6.07) is 20.9. The van der Waals surface area contributed by atoms with Crippen molar-refractivity contribution in [1.82, 2.24) is 10.6 Å². The largest absolute Gasteiger partial charge is 0.393 e. The molecule has 10 nitrogen and oxygen atoms in total. The van der Waals surface area contributed by atoms with Crippen LogP contribution in [0, 0.1) is 0 Å². The van der Waals surface area contributed by atoms with E-state index in [-0.39, 0.29) is 37.1 Å². The Labute approximate surface area is 339 Å². The number of aliphatic hydroxyl groups is 2. The molecule has 3 aromatic rings. The van der Waals surface area contributed by atoms with E-state index in [2.05, 4.69) is 92.7 Å². The molecule has 2 aromatic carbocycles. The third kappa shape index (κ3) is 15.1. The van der Waals surface area contributed by atoms with Crippen LogP contribution in [0.5, 0.6) is 0 Å². The molecule has 0 atom stereocenters. The molecule has 0 unspecified atom stereocenters. The number of carbonyl (C=O) groups excluding carboxylic acids is 2. The molecule has 0 saturated carbocycles. The number of hydrogen-bond acceptors (Lipinski definition) is 9. The highest BCUT2D eigenvalue weighted by atomic mass is 33.1. The van der Waals surface area contributed by atoms with Crippen molar-refractivity contribution in [2.75, 3.05) is 67.1 Å². The first-order valence-electron chi connectivity index (χ1n) is 19.4. The van der Waals surface area contributed by atoms with E-state index in [1.807, 2.05) is 47.3 Å². The van der Waals surface area contributed by atoms with Crippen LogP contribution in [0.2, 0.25) is 0 Å². The highest BCUT2D eigenvalue weighted by molar-refractivity contribution is 8.76. The number of allylic oxidation sites excluding steroid dienone is 4. The zero-order valence-corrected chi connectivity index (χ0v) is 33.7. The summed E-state index contributed by atoms with van der Waals surface area (Å²) in [5.41, 5.74) is 6.51. The topological polar surface area (TPSA) is 121 Å². The lowest BCUT2D eigenvalue weighted by Crippen LogP contribution is -2.42. The number of anilines is 2. The fourth-order valence-electron chi connectivity index (χ4n) is 6.24. The van der Waals surface area contributed by atoms with Crippen molar-refractivity contribution in [2.45, 2.75) is 44.4 Å². The van der Waals surface area contributed by atoms with Crippen LogP contribution in [0.1, 0.15) is 42.4 Å². The Hall–Kier alpha value is -4.62. The number of pyridine rings is 1. The molecule has 3 heterocycles. The molecule has 2 fully saturated rings. The molecule has 2 aliphatic heterocycles. The van der Waals surface area contributed by atoms with Crippen molar-refractivity contribution in [3.05, 3.63) is 120 Å². The maximum atomic E-state index is 12.4. The molecule has 4 N–H and O–H groups in total. The van der Waals surface area contributed by atoms with E-state index in [4.69, 9.17) is 0 Å². The maximum absolute atomic E-state index is 12.4. The Morgan fingerprint density at radius 2 is 1.21 bits per heavy atom. The van der Waals surface area contributed by atoms with Crippen LogP contribution < -0.4 is 25.0 Å². The summed E-state index contributed by atoms with van der Waals surface area (Å²) in [5, 5.41) is 25.3. The number of nitrogens with zero attached hydrogens (tertiary/aromatic N) is 4. The summed E-state index contributed by atoms with van der Waals surface area (Å²) in [4.78, 5) is 33.5. The Kier molecular flexibility index (Phi) is 17.8. The molecule has 2 aliphatic rings. The number of aliphatic imine (C=N–C) groups is 1. The van der Waals surface area contributed by atoms with Crippen molar-refractivity contribution in [3.63, 3.8) is 0 Å². The average Bonchev–Trinajstić information content (AvgIpc) is 3.22. The van der Waals surface area contributed by atoms with Gasteiger partial charge in [-0.15, -0.1) is 0 Å². The van der Waals surface area contributed by atoms with Gasteiger partial charge in [-0.25, -0.2) is 0 Å². The Bertz CT molecular complexity index is 1800. The number of aromatic nitrogens is 1. The third-order valence-corrected chi connectivity index (χ3v) is 12.0. The number of rotatable bonds is 19. The summed E-state index contributed by atoms with van der Waals surface area (Å²) < 4.78 is 1.86. The second-order valence-corrected chi connectivity index (χ2v) is 16.5. The Morgan fingerprint density at radius 1 is 0.732 bits per heavy atom. The lowest BCUT2D eigenvalue weighted by molar-refractivity contribution is -0.684. The summed E-state index contributed by atoms with van der Waals surface area (Å²) >= 11 is 0. The minimum Gasteiger partial charge on any atom is -0.393 e. The second kappa shape index (κ2) is 23.4. The van der Waals surface area contributed by atoms with Crippen molar-refractivity contribution < 1.29 is 24.4 Å².